The monoisotopic (exact) mass is 243 g/mol. The summed E-state index contributed by atoms with van der Waals surface area (Å²) in [4.78, 5) is 0. The van der Waals surface area contributed by atoms with Gasteiger partial charge in [0.15, 0.2) is 0 Å². The Hall–Kier alpha value is -1.70. The van der Waals surface area contributed by atoms with Gasteiger partial charge in [0.25, 0.3) is 0 Å². The average molecular weight is 243 g/mol. The van der Waals surface area contributed by atoms with Gasteiger partial charge in [-0.25, -0.2) is 0 Å². The highest BCUT2D eigenvalue weighted by Gasteiger charge is 2.12. The van der Waals surface area contributed by atoms with Crippen LogP contribution in [0.4, 0.5) is 5.69 Å². The zero-order valence-corrected chi connectivity index (χ0v) is 11.6. The van der Waals surface area contributed by atoms with Crippen molar-refractivity contribution in [2.75, 3.05) is 5.32 Å². The third-order valence-electron chi connectivity index (χ3n) is 3.29. The Kier molecular flexibility index (Phi) is 3.75. The summed E-state index contributed by atoms with van der Waals surface area (Å²) in [5, 5.41) is 3.50. The second kappa shape index (κ2) is 5.30. The SMILES string of the molecule is CCc1ccc(NC(C)c2cc(C)oc2C)cc1. The maximum absolute atomic E-state index is 5.57. The minimum atomic E-state index is 0.259. The largest absolute Gasteiger partial charge is 0.466 e. The molecule has 96 valence electrons. The van der Waals surface area contributed by atoms with Gasteiger partial charge in [0, 0.05) is 11.3 Å². The van der Waals surface area contributed by atoms with Crippen molar-refractivity contribution in [3.05, 3.63) is 53.0 Å². The highest BCUT2D eigenvalue weighted by atomic mass is 16.3. The van der Waals surface area contributed by atoms with Crippen molar-refractivity contribution in [2.45, 2.75) is 40.2 Å². The highest BCUT2D eigenvalue weighted by Crippen LogP contribution is 2.25. The lowest BCUT2D eigenvalue weighted by Crippen LogP contribution is -2.06. The van der Waals surface area contributed by atoms with Crippen LogP contribution in [0, 0.1) is 13.8 Å². The van der Waals surface area contributed by atoms with Crippen molar-refractivity contribution >= 4 is 5.69 Å². The molecular weight excluding hydrogens is 222 g/mol. The van der Waals surface area contributed by atoms with Gasteiger partial charge in [-0.2, -0.15) is 0 Å². The van der Waals surface area contributed by atoms with Gasteiger partial charge in [0.2, 0.25) is 0 Å². The standard InChI is InChI=1S/C16H21NO/c1-5-14-6-8-15(9-7-14)17-12(3)16-10-11(2)18-13(16)4/h6-10,12,17H,5H2,1-4H3. The Labute approximate surface area is 109 Å². The second-order valence-electron chi connectivity index (χ2n) is 4.79. The molecule has 0 aliphatic carbocycles. The van der Waals surface area contributed by atoms with Crippen LogP contribution < -0.4 is 5.32 Å². The smallest absolute Gasteiger partial charge is 0.106 e. The summed E-state index contributed by atoms with van der Waals surface area (Å²) in [6, 6.07) is 11.0. The van der Waals surface area contributed by atoms with Gasteiger partial charge in [-0.3, -0.25) is 0 Å². The Morgan fingerprint density at radius 3 is 2.33 bits per heavy atom. The molecule has 0 amide bonds. The lowest BCUT2D eigenvalue weighted by molar-refractivity contribution is 0.500. The van der Waals surface area contributed by atoms with Gasteiger partial charge in [0.05, 0.1) is 6.04 Å². The molecule has 2 nitrogen and oxygen atoms in total. The number of benzene rings is 1. The number of rotatable bonds is 4. The van der Waals surface area contributed by atoms with Gasteiger partial charge in [-0.15, -0.1) is 0 Å². The topological polar surface area (TPSA) is 25.2 Å². The Morgan fingerprint density at radius 2 is 1.83 bits per heavy atom. The molecule has 0 aliphatic heterocycles. The molecule has 0 bridgehead atoms. The van der Waals surface area contributed by atoms with Crippen LogP contribution in [0.2, 0.25) is 0 Å². The first-order valence-electron chi connectivity index (χ1n) is 6.52. The molecule has 1 atom stereocenters. The van der Waals surface area contributed by atoms with Gasteiger partial charge in [-0.1, -0.05) is 19.1 Å². The van der Waals surface area contributed by atoms with Crippen LogP contribution in [0.3, 0.4) is 0 Å². The van der Waals surface area contributed by atoms with Crippen LogP contribution in [-0.4, -0.2) is 0 Å². The van der Waals surface area contributed by atoms with Crippen molar-refractivity contribution < 1.29 is 4.42 Å². The lowest BCUT2D eigenvalue weighted by atomic mass is 10.1. The minimum absolute atomic E-state index is 0.259. The number of nitrogens with one attached hydrogen (secondary N) is 1. The first-order chi connectivity index (χ1) is 8.60. The van der Waals surface area contributed by atoms with Crippen molar-refractivity contribution in [3.63, 3.8) is 0 Å². The van der Waals surface area contributed by atoms with E-state index in [-0.39, 0.29) is 6.04 Å². The Morgan fingerprint density at radius 1 is 1.17 bits per heavy atom. The number of hydrogen-bond acceptors (Lipinski definition) is 2. The first kappa shape index (κ1) is 12.7. The van der Waals surface area contributed by atoms with Crippen molar-refractivity contribution in [2.24, 2.45) is 0 Å². The summed E-state index contributed by atoms with van der Waals surface area (Å²) >= 11 is 0. The first-order valence-corrected chi connectivity index (χ1v) is 6.52. The van der Waals surface area contributed by atoms with Gasteiger partial charge in [0.1, 0.15) is 11.5 Å². The Bertz CT molecular complexity index is 510. The third kappa shape index (κ3) is 2.76. The predicted octanol–water partition coefficient (Wildman–Crippen LogP) is 4.63. The number of hydrogen-bond donors (Lipinski definition) is 1. The molecule has 1 N–H and O–H groups in total. The predicted molar refractivity (Wildman–Crippen MR) is 76.0 cm³/mol. The van der Waals surface area contributed by atoms with E-state index in [1.165, 1.54) is 11.1 Å². The van der Waals surface area contributed by atoms with Gasteiger partial charge >= 0.3 is 0 Å². The van der Waals surface area contributed by atoms with E-state index < -0.39 is 0 Å². The van der Waals surface area contributed by atoms with Crippen LogP contribution in [-0.2, 0) is 6.42 Å². The van der Waals surface area contributed by atoms with Crippen LogP contribution in [0.25, 0.3) is 0 Å². The van der Waals surface area contributed by atoms with Crippen LogP contribution in [0.1, 0.15) is 42.5 Å². The quantitative estimate of drug-likeness (QED) is 0.846. The molecule has 1 aromatic carbocycles. The molecule has 2 heteroatoms. The summed E-state index contributed by atoms with van der Waals surface area (Å²) in [5.74, 6) is 1.97. The molecule has 1 unspecified atom stereocenters. The molecule has 0 radical (unpaired) electrons. The fourth-order valence-corrected chi connectivity index (χ4v) is 2.24. The maximum Gasteiger partial charge on any atom is 0.106 e. The van der Waals surface area contributed by atoms with E-state index in [4.69, 9.17) is 4.42 Å². The summed E-state index contributed by atoms with van der Waals surface area (Å²) in [6.45, 7) is 8.33. The van der Waals surface area contributed by atoms with E-state index in [2.05, 4.69) is 49.5 Å². The van der Waals surface area contributed by atoms with Gasteiger partial charge < -0.3 is 9.73 Å². The van der Waals surface area contributed by atoms with Crippen LogP contribution in [0.15, 0.2) is 34.7 Å². The normalized spacial score (nSPS) is 12.4. The Balaban J connectivity index is 2.10. The molecule has 2 rings (SSSR count). The summed E-state index contributed by atoms with van der Waals surface area (Å²) < 4.78 is 5.57. The summed E-state index contributed by atoms with van der Waals surface area (Å²) in [6.07, 6.45) is 1.08. The zero-order chi connectivity index (χ0) is 13.1. The zero-order valence-electron chi connectivity index (χ0n) is 11.6. The molecular formula is C16H21NO. The van der Waals surface area contributed by atoms with E-state index in [1.54, 1.807) is 0 Å². The molecule has 1 heterocycles. The molecule has 0 fully saturated rings. The lowest BCUT2D eigenvalue weighted by Gasteiger charge is -2.15. The number of furan rings is 1. The molecule has 0 saturated carbocycles. The van der Waals surface area contributed by atoms with Crippen molar-refractivity contribution in [1.82, 2.24) is 0 Å². The van der Waals surface area contributed by atoms with E-state index >= 15 is 0 Å². The second-order valence-corrected chi connectivity index (χ2v) is 4.79. The van der Waals surface area contributed by atoms with E-state index in [9.17, 15) is 0 Å². The van der Waals surface area contributed by atoms with E-state index in [1.807, 2.05) is 13.8 Å². The van der Waals surface area contributed by atoms with Crippen LogP contribution in [0.5, 0.6) is 0 Å². The number of anilines is 1. The van der Waals surface area contributed by atoms with Crippen molar-refractivity contribution in [1.29, 1.82) is 0 Å². The molecule has 0 spiro atoms. The molecule has 2 aromatic rings. The average Bonchev–Trinajstić information content (AvgIpc) is 2.69. The summed E-state index contributed by atoms with van der Waals surface area (Å²) in [5.41, 5.74) is 3.74. The highest BCUT2D eigenvalue weighted by molar-refractivity contribution is 5.47. The van der Waals surface area contributed by atoms with E-state index in [0.29, 0.717) is 0 Å². The molecule has 18 heavy (non-hydrogen) atoms. The van der Waals surface area contributed by atoms with Crippen molar-refractivity contribution in [3.8, 4) is 0 Å². The maximum atomic E-state index is 5.57. The van der Waals surface area contributed by atoms with E-state index in [0.717, 1.165) is 23.6 Å². The van der Waals surface area contributed by atoms with Crippen LogP contribution >= 0.6 is 0 Å². The molecule has 1 aromatic heterocycles. The molecule has 0 aliphatic rings. The fourth-order valence-electron chi connectivity index (χ4n) is 2.24. The van der Waals surface area contributed by atoms with Gasteiger partial charge in [-0.05, 0) is 51.0 Å². The summed E-state index contributed by atoms with van der Waals surface area (Å²) in [7, 11) is 0. The molecule has 0 saturated heterocycles. The minimum Gasteiger partial charge on any atom is -0.466 e. The third-order valence-corrected chi connectivity index (χ3v) is 3.29. The fraction of sp³-hybridized carbons (Fsp3) is 0.375. The number of aryl methyl sites for hydroxylation is 3.